The number of benzene rings is 1. The minimum atomic E-state index is -1.01. The van der Waals surface area contributed by atoms with E-state index in [4.69, 9.17) is 9.84 Å². The standard InChI is InChI=1S/C16H23NO4/c1-4-13(5-2)16(20)17(3)10-12-6-8-14(9-7-12)21-11-15(18)19/h6-9,13H,4-5,10-11H2,1-3H3,(H,18,19). The van der Waals surface area contributed by atoms with Crippen molar-refractivity contribution in [3.05, 3.63) is 29.8 Å². The van der Waals surface area contributed by atoms with Gasteiger partial charge in [-0.3, -0.25) is 4.79 Å². The van der Waals surface area contributed by atoms with Crippen molar-refractivity contribution in [2.24, 2.45) is 5.92 Å². The summed E-state index contributed by atoms with van der Waals surface area (Å²) in [5, 5.41) is 8.54. The summed E-state index contributed by atoms with van der Waals surface area (Å²) < 4.78 is 5.07. The average Bonchev–Trinajstić information content (AvgIpc) is 2.47. The van der Waals surface area contributed by atoms with Crippen molar-refractivity contribution in [2.45, 2.75) is 33.2 Å². The third-order valence-corrected chi connectivity index (χ3v) is 3.42. The van der Waals surface area contributed by atoms with Gasteiger partial charge in [0.05, 0.1) is 0 Å². The number of hydrogen-bond acceptors (Lipinski definition) is 3. The van der Waals surface area contributed by atoms with Crippen molar-refractivity contribution < 1.29 is 19.4 Å². The van der Waals surface area contributed by atoms with Crippen molar-refractivity contribution in [2.75, 3.05) is 13.7 Å². The highest BCUT2D eigenvalue weighted by Gasteiger charge is 2.18. The Morgan fingerprint density at radius 2 is 1.76 bits per heavy atom. The molecule has 0 atom stereocenters. The second-order valence-electron chi connectivity index (χ2n) is 5.03. The summed E-state index contributed by atoms with van der Waals surface area (Å²) >= 11 is 0. The third kappa shape index (κ3) is 5.45. The zero-order valence-corrected chi connectivity index (χ0v) is 12.8. The zero-order valence-electron chi connectivity index (χ0n) is 12.8. The molecule has 0 unspecified atom stereocenters. The van der Waals surface area contributed by atoms with E-state index in [9.17, 15) is 9.59 Å². The first-order valence-corrected chi connectivity index (χ1v) is 7.16. The molecule has 5 nitrogen and oxygen atoms in total. The molecule has 1 aromatic carbocycles. The topological polar surface area (TPSA) is 66.8 Å². The van der Waals surface area contributed by atoms with E-state index in [0.29, 0.717) is 12.3 Å². The van der Waals surface area contributed by atoms with Crippen LogP contribution in [-0.2, 0) is 16.1 Å². The Labute approximate surface area is 125 Å². The van der Waals surface area contributed by atoms with Crippen LogP contribution in [-0.4, -0.2) is 35.5 Å². The molecule has 1 amide bonds. The third-order valence-electron chi connectivity index (χ3n) is 3.42. The lowest BCUT2D eigenvalue weighted by Gasteiger charge is -2.22. The number of carbonyl (C=O) groups is 2. The van der Waals surface area contributed by atoms with Gasteiger partial charge < -0.3 is 14.7 Å². The monoisotopic (exact) mass is 293 g/mol. The van der Waals surface area contributed by atoms with Crippen LogP contribution in [0.5, 0.6) is 5.75 Å². The highest BCUT2D eigenvalue weighted by atomic mass is 16.5. The van der Waals surface area contributed by atoms with Crippen LogP contribution in [0.4, 0.5) is 0 Å². The molecule has 0 saturated heterocycles. The van der Waals surface area contributed by atoms with Gasteiger partial charge in [-0.2, -0.15) is 0 Å². The zero-order chi connectivity index (χ0) is 15.8. The van der Waals surface area contributed by atoms with Crippen LogP contribution in [0, 0.1) is 5.92 Å². The number of carbonyl (C=O) groups excluding carboxylic acids is 1. The highest BCUT2D eigenvalue weighted by Crippen LogP contribution is 2.16. The molecule has 0 spiro atoms. The molecule has 21 heavy (non-hydrogen) atoms. The second kappa shape index (κ2) is 8.29. The van der Waals surface area contributed by atoms with E-state index in [1.54, 1.807) is 24.1 Å². The van der Waals surface area contributed by atoms with E-state index in [0.717, 1.165) is 18.4 Å². The highest BCUT2D eigenvalue weighted by molar-refractivity contribution is 5.78. The van der Waals surface area contributed by atoms with Gasteiger partial charge in [-0.1, -0.05) is 26.0 Å². The van der Waals surface area contributed by atoms with Gasteiger partial charge in [-0.05, 0) is 30.5 Å². The smallest absolute Gasteiger partial charge is 0.341 e. The molecule has 0 radical (unpaired) electrons. The molecule has 0 aliphatic carbocycles. The van der Waals surface area contributed by atoms with Crippen LogP contribution in [0.15, 0.2) is 24.3 Å². The van der Waals surface area contributed by atoms with Gasteiger partial charge in [0.15, 0.2) is 6.61 Å². The molecular weight excluding hydrogens is 270 g/mol. The fourth-order valence-corrected chi connectivity index (χ4v) is 2.14. The maximum Gasteiger partial charge on any atom is 0.341 e. The summed E-state index contributed by atoms with van der Waals surface area (Å²) in [6.45, 7) is 4.23. The maximum absolute atomic E-state index is 12.2. The molecule has 0 aliphatic rings. The Balaban J connectivity index is 2.58. The summed E-state index contributed by atoms with van der Waals surface area (Å²) in [6, 6.07) is 7.11. The molecule has 0 aromatic heterocycles. The molecule has 116 valence electrons. The van der Waals surface area contributed by atoms with Gasteiger partial charge in [0.1, 0.15) is 5.75 Å². The molecule has 0 fully saturated rings. The summed E-state index contributed by atoms with van der Waals surface area (Å²) in [5.74, 6) is -0.260. The van der Waals surface area contributed by atoms with Crippen LogP contribution >= 0.6 is 0 Å². The van der Waals surface area contributed by atoms with Gasteiger partial charge in [0, 0.05) is 19.5 Å². The van der Waals surface area contributed by atoms with Crippen LogP contribution in [0.25, 0.3) is 0 Å². The normalized spacial score (nSPS) is 10.5. The first kappa shape index (κ1) is 17.0. The van der Waals surface area contributed by atoms with Crippen LogP contribution in [0.3, 0.4) is 0 Å². The van der Waals surface area contributed by atoms with Crippen molar-refractivity contribution in [3.63, 3.8) is 0 Å². The van der Waals surface area contributed by atoms with Crippen molar-refractivity contribution in [1.29, 1.82) is 0 Å². The predicted molar refractivity (Wildman–Crippen MR) is 80.1 cm³/mol. The molecule has 0 saturated carbocycles. The number of ether oxygens (including phenoxy) is 1. The van der Waals surface area contributed by atoms with Crippen LogP contribution < -0.4 is 4.74 Å². The number of amides is 1. The van der Waals surface area contributed by atoms with E-state index < -0.39 is 5.97 Å². The van der Waals surface area contributed by atoms with Crippen molar-refractivity contribution >= 4 is 11.9 Å². The Morgan fingerprint density at radius 1 is 1.19 bits per heavy atom. The Hall–Kier alpha value is -2.04. The number of hydrogen-bond donors (Lipinski definition) is 1. The summed E-state index contributed by atoms with van der Waals surface area (Å²) in [7, 11) is 1.80. The first-order valence-electron chi connectivity index (χ1n) is 7.16. The summed E-state index contributed by atoms with van der Waals surface area (Å²) in [6.07, 6.45) is 1.70. The van der Waals surface area contributed by atoms with Crippen molar-refractivity contribution in [1.82, 2.24) is 4.90 Å². The van der Waals surface area contributed by atoms with Crippen LogP contribution in [0.2, 0.25) is 0 Å². The number of nitrogens with zero attached hydrogens (tertiary/aromatic N) is 1. The largest absolute Gasteiger partial charge is 0.482 e. The average molecular weight is 293 g/mol. The fraction of sp³-hybridized carbons (Fsp3) is 0.500. The van der Waals surface area contributed by atoms with Gasteiger partial charge in [-0.15, -0.1) is 0 Å². The summed E-state index contributed by atoms with van der Waals surface area (Å²) in [5.41, 5.74) is 0.986. The molecule has 0 bridgehead atoms. The van der Waals surface area contributed by atoms with Crippen LogP contribution in [0.1, 0.15) is 32.3 Å². The molecule has 0 aliphatic heterocycles. The molecule has 0 heterocycles. The number of rotatable bonds is 8. The molecule has 1 rings (SSSR count). The predicted octanol–water partition coefficient (Wildman–Crippen LogP) is 2.54. The van der Waals surface area contributed by atoms with Crippen molar-refractivity contribution in [3.8, 4) is 5.75 Å². The molecular formula is C16H23NO4. The lowest BCUT2D eigenvalue weighted by atomic mass is 10.0. The van der Waals surface area contributed by atoms with E-state index in [1.165, 1.54) is 0 Å². The second-order valence-corrected chi connectivity index (χ2v) is 5.03. The molecule has 1 aromatic rings. The maximum atomic E-state index is 12.2. The minimum Gasteiger partial charge on any atom is -0.482 e. The molecule has 5 heteroatoms. The van der Waals surface area contributed by atoms with E-state index in [1.807, 2.05) is 26.0 Å². The molecule has 1 N–H and O–H groups in total. The quantitative estimate of drug-likeness (QED) is 0.800. The first-order chi connectivity index (χ1) is 9.97. The Kier molecular flexibility index (Phi) is 6.72. The van der Waals surface area contributed by atoms with Gasteiger partial charge >= 0.3 is 5.97 Å². The number of aliphatic carboxylic acids is 1. The Morgan fingerprint density at radius 3 is 2.24 bits per heavy atom. The van der Waals surface area contributed by atoms with E-state index in [2.05, 4.69) is 0 Å². The minimum absolute atomic E-state index is 0.0770. The SMILES string of the molecule is CCC(CC)C(=O)N(C)Cc1ccc(OCC(=O)O)cc1. The van der Waals surface area contributed by atoms with Gasteiger partial charge in [0.25, 0.3) is 0 Å². The van der Waals surface area contributed by atoms with E-state index in [-0.39, 0.29) is 18.4 Å². The number of carboxylic acids is 1. The van der Waals surface area contributed by atoms with Gasteiger partial charge in [-0.25, -0.2) is 4.79 Å². The van der Waals surface area contributed by atoms with E-state index >= 15 is 0 Å². The van der Waals surface area contributed by atoms with Gasteiger partial charge in [0.2, 0.25) is 5.91 Å². The lowest BCUT2D eigenvalue weighted by molar-refractivity contribution is -0.139. The number of carboxylic acid groups (broad SMARTS) is 1. The Bertz CT molecular complexity index is 466. The fourth-order valence-electron chi connectivity index (χ4n) is 2.14. The summed E-state index contributed by atoms with van der Waals surface area (Å²) in [4.78, 5) is 24.3. The lowest BCUT2D eigenvalue weighted by Crippen LogP contribution is -2.32.